The van der Waals surface area contributed by atoms with E-state index < -0.39 is 0 Å². The topological polar surface area (TPSA) is 85.0 Å². The van der Waals surface area contributed by atoms with Gasteiger partial charge in [-0.15, -0.1) is 0 Å². The van der Waals surface area contributed by atoms with Crippen molar-refractivity contribution in [2.75, 3.05) is 6.54 Å². The van der Waals surface area contributed by atoms with Crippen molar-refractivity contribution in [2.45, 2.75) is 65.3 Å². The van der Waals surface area contributed by atoms with Crippen LogP contribution >= 0.6 is 0 Å². The molecule has 1 aliphatic rings. The predicted molar refractivity (Wildman–Crippen MR) is 118 cm³/mol. The van der Waals surface area contributed by atoms with Crippen LogP contribution in [0.4, 0.5) is 0 Å². The van der Waals surface area contributed by atoms with Crippen LogP contribution in [0.25, 0.3) is 11.1 Å². The third-order valence-corrected chi connectivity index (χ3v) is 5.81. The van der Waals surface area contributed by atoms with E-state index in [1.807, 2.05) is 44.1 Å². The predicted octanol–water partition coefficient (Wildman–Crippen LogP) is 4.89. The van der Waals surface area contributed by atoms with Crippen molar-refractivity contribution in [1.29, 1.82) is 0 Å². The van der Waals surface area contributed by atoms with Crippen molar-refractivity contribution in [3.63, 3.8) is 0 Å². The number of carbonyl (C=O) groups excluding carboxylic acids is 1. The van der Waals surface area contributed by atoms with Gasteiger partial charge in [-0.3, -0.25) is 9.78 Å². The lowest BCUT2D eigenvalue weighted by atomic mass is 9.97. The molecule has 1 fully saturated rings. The molecule has 1 atom stereocenters. The molecule has 0 saturated carbocycles. The van der Waals surface area contributed by atoms with E-state index in [1.54, 1.807) is 12.3 Å². The number of pyridine rings is 1. The second-order valence-electron chi connectivity index (χ2n) is 8.45. The summed E-state index contributed by atoms with van der Waals surface area (Å²) >= 11 is 0. The molecule has 0 N–H and O–H groups in total. The Labute approximate surface area is 182 Å². The molecule has 0 aromatic carbocycles. The second kappa shape index (κ2) is 8.96. The maximum Gasteiger partial charge on any atom is 0.293 e. The van der Waals surface area contributed by atoms with Crippen LogP contribution in [0.5, 0.6) is 0 Å². The van der Waals surface area contributed by atoms with Crippen molar-refractivity contribution in [3.8, 4) is 11.1 Å². The van der Waals surface area contributed by atoms with Crippen molar-refractivity contribution >= 4 is 5.91 Å². The highest BCUT2D eigenvalue weighted by molar-refractivity contribution is 5.92. The van der Waals surface area contributed by atoms with E-state index in [4.69, 9.17) is 9.51 Å². The fourth-order valence-corrected chi connectivity index (χ4v) is 4.11. The molecular formula is C24H29N5O2. The zero-order valence-electron chi connectivity index (χ0n) is 18.6. The van der Waals surface area contributed by atoms with Gasteiger partial charge in [0.15, 0.2) is 0 Å². The summed E-state index contributed by atoms with van der Waals surface area (Å²) in [5.41, 5.74) is 4.77. The lowest BCUT2D eigenvalue weighted by molar-refractivity contribution is 0.0690. The first-order valence-corrected chi connectivity index (χ1v) is 11.0. The minimum absolute atomic E-state index is 0.124. The van der Waals surface area contributed by atoms with Gasteiger partial charge in [-0.05, 0) is 49.3 Å². The third kappa shape index (κ3) is 4.22. The third-order valence-electron chi connectivity index (χ3n) is 5.81. The van der Waals surface area contributed by atoms with Gasteiger partial charge in [0.25, 0.3) is 5.91 Å². The summed E-state index contributed by atoms with van der Waals surface area (Å²) in [5, 5.41) is 4.07. The maximum absolute atomic E-state index is 13.3. The van der Waals surface area contributed by atoms with Gasteiger partial charge in [0, 0.05) is 43.2 Å². The molecule has 162 valence electrons. The molecule has 4 rings (SSSR count). The van der Waals surface area contributed by atoms with Crippen LogP contribution in [0.1, 0.15) is 85.3 Å². The van der Waals surface area contributed by atoms with Crippen molar-refractivity contribution < 1.29 is 9.32 Å². The summed E-state index contributed by atoms with van der Waals surface area (Å²) in [6.07, 6.45) is 9.09. The Morgan fingerprint density at radius 1 is 1.29 bits per heavy atom. The van der Waals surface area contributed by atoms with Crippen LogP contribution in [-0.2, 0) is 6.42 Å². The van der Waals surface area contributed by atoms with Crippen LogP contribution in [0, 0.1) is 6.92 Å². The molecule has 3 aromatic heterocycles. The number of aromatic nitrogens is 4. The number of carbonyl (C=O) groups is 1. The smallest absolute Gasteiger partial charge is 0.293 e. The molecule has 7 heteroatoms. The van der Waals surface area contributed by atoms with Gasteiger partial charge >= 0.3 is 0 Å². The molecule has 1 amide bonds. The Morgan fingerprint density at radius 2 is 2.13 bits per heavy atom. The second-order valence-corrected chi connectivity index (χ2v) is 8.45. The molecule has 3 aromatic rings. The fourth-order valence-electron chi connectivity index (χ4n) is 4.11. The maximum atomic E-state index is 13.3. The normalized spacial score (nSPS) is 16.3. The Bertz CT molecular complexity index is 1080. The summed E-state index contributed by atoms with van der Waals surface area (Å²) in [5.74, 6) is 1.18. The highest BCUT2D eigenvalue weighted by Crippen LogP contribution is 2.38. The molecular weight excluding hydrogens is 390 g/mol. The summed E-state index contributed by atoms with van der Waals surface area (Å²) in [7, 11) is 0. The zero-order valence-corrected chi connectivity index (χ0v) is 18.6. The van der Waals surface area contributed by atoms with Crippen molar-refractivity contribution in [1.82, 2.24) is 25.0 Å². The summed E-state index contributed by atoms with van der Waals surface area (Å²) in [4.78, 5) is 29.0. The number of amides is 1. The number of rotatable bonds is 6. The summed E-state index contributed by atoms with van der Waals surface area (Å²) in [6, 6.07) is 3.63. The number of hydrogen-bond acceptors (Lipinski definition) is 6. The SMILES string of the molecule is CCCc1ncc(-c2ccncc2C)c([C@@H]2CCCN2C(=O)c2cc(C(C)C)no2)n1. The standard InChI is InChI=1S/C24H29N5O2/c1-5-7-22-26-14-18(17-9-10-25-13-16(17)4)23(27-22)20-8-6-11-29(20)24(30)21-12-19(15(2)3)28-31-21/h9-10,12-15,20H,5-8,11H2,1-4H3/t20-/m0/s1. The van der Waals surface area contributed by atoms with E-state index in [9.17, 15) is 4.79 Å². The highest BCUT2D eigenvalue weighted by Gasteiger charge is 2.35. The van der Waals surface area contributed by atoms with Gasteiger partial charge in [-0.2, -0.15) is 0 Å². The molecule has 7 nitrogen and oxygen atoms in total. The lowest BCUT2D eigenvalue weighted by Gasteiger charge is -2.25. The number of nitrogens with zero attached hydrogens (tertiary/aromatic N) is 5. The quantitative estimate of drug-likeness (QED) is 0.566. The first kappa shape index (κ1) is 21.2. The van der Waals surface area contributed by atoms with Crippen molar-refractivity contribution in [2.24, 2.45) is 0 Å². The number of hydrogen-bond donors (Lipinski definition) is 0. The van der Waals surface area contributed by atoms with Crippen LogP contribution in [-0.4, -0.2) is 37.5 Å². The Hall–Kier alpha value is -3.09. The van der Waals surface area contributed by atoms with E-state index in [0.29, 0.717) is 12.3 Å². The minimum atomic E-state index is -0.130. The zero-order chi connectivity index (χ0) is 22.0. The lowest BCUT2D eigenvalue weighted by Crippen LogP contribution is -2.31. The molecule has 0 bridgehead atoms. The highest BCUT2D eigenvalue weighted by atomic mass is 16.5. The van der Waals surface area contributed by atoms with Crippen LogP contribution < -0.4 is 0 Å². The van der Waals surface area contributed by atoms with E-state index >= 15 is 0 Å². The van der Waals surface area contributed by atoms with Gasteiger partial charge in [-0.25, -0.2) is 9.97 Å². The molecule has 1 saturated heterocycles. The average molecular weight is 420 g/mol. The molecule has 0 radical (unpaired) electrons. The van der Waals surface area contributed by atoms with Crippen molar-refractivity contribution in [3.05, 3.63) is 59.3 Å². The van der Waals surface area contributed by atoms with E-state index in [1.165, 1.54) is 0 Å². The first-order chi connectivity index (χ1) is 15.0. The molecule has 1 aliphatic heterocycles. The number of aryl methyl sites for hydroxylation is 2. The molecule has 4 heterocycles. The van der Waals surface area contributed by atoms with E-state index in [0.717, 1.165) is 59.6 Å². The molecule has 31 heavy (non-hydrogen) atoms. The molecule has 0 unspecified atom stereocenters. The van der Waals surface area contributed by atoms with Gasteiger partial charge in [0.2, 0.25) is 5.76 Å². The van der Waals surface area contributed by atoms with Gasteiger partial charge in [0.05, 0.1) is 17.4 Å². The molecule has 0 aliphatic carbocycles. The van der Waals surface area contributed by atoms with Gasteiger partial charge < -0.3 is 9.42 Å². The largest absolute Gasteiger partial charge is 0.351 e. The monoisotopic (exact) mass is 419 g/mol. The molecule has 0 spiro atoms. The average Bonchev–Trinajstić information content (AvgIpc) is 3.44. The summed E-state index contributed by atoms with van der Waals surface area (Å²) in [6.45, 7) is 8.88. The van der Waals surface area contributed by atoms with E-state index in [2.05, 4.69) is 22.0 Å². The Balaban J connectivity index is 1.74. The Morgan fingerprint density at radius 3 is 2.84 bits per heavy atom. The van der Waals surface area contributed by atoms with Crippen LogP contribution in [0.3, 0.4) is 0 Å². The van der Waals surface area contributed by atoms with Crippen LogP contribution in [0.15, 0.2) is 35.2 Å². The first-order valence-electron chi connectivity index (χ1n) is 11.0. The van der Waals surface area contributed by atoms with Gasteiger partial charge in [-0.1, -0.05) is 25.9 Å². The fraction of sp³-hybridized carbons (Fsp3) is 0.458. The van der Waals surface area contributed by atoms with E-state index in [-0.39, 0.29) is 17.9 Å². The minimum Gasteiger partial charge on any atom is -0.351 e. The summed E-state index contributed by atoms with van der Waals surface area (Å²) < 4.78 is 5.40. The van der Waals surface area contributed by atoms with Gasteiger partial charge in [0.1, 0.15) is 5.82 Å². The number of likely N-dealkylation sites (tertiary alicyclic amines) is 1. The Kier molecular flexibility index (Phi) is 6.11. The van der Waals surface area contributed by atoms with Crippen LogP contribution in [0.2, 0.25) is 0 Å².